The van der Waals surface area contributed by atoms with E-state index in [9.17, 15) is 13.2 Å². The van der Waals surface area contributed by atoms with Crippen molar-refractivity contribution in [2.24, 2.45) is 5.73 Å². The molecule has 0 atom stereocenters. The van der Waals surface area contributed by atoms with Crippen molar-refractivity contribution in [3.8, 4) is 0 Å². The molecule has 0 radical (unpaired) electrons. The predicted molar refractivity (Wildman–Crippen MR) is 54.2 cm³/mol. The molecule has 3 nitrogen and oxygen atoms in total. The van der Waals surface area contributed by atoms with E-state index >= 15 is 0 Å². The lowest BCUT2D eigenvalue weighted by atomic mass is 10.1. The average Bonchev–Trinajstić information content (AvgIpc) is 2.97. The summed E-state index contributed by atoms with van der Waals surface area (Å²) in [6, 6.07) is 0.871. The maximum atomic E-state index is 12.4. The van der Waals surface area contributed by atoms with Crippen LogP contribution in [-0.2, 0) is 11.6 Å². The Morgan fingerprint density at radius 2 is 2.00 bits per heavy atom. The van der Waals surface area contributed by atoms with E-state index < -0.39 is 17.3 Å². The molecule has 1 aromatic rings. The van der Waals surface area contributed by atoms with Crippen molar-refractivity contribution in [3.05, 3.63) is 23.8 Å². The molecular formula is C9H11ClF3N3. The van der Waals surface area contributed by atoms with E-state index in [1.807, 2.05) is 0 Å². The van der Waals surface area contributed by atoms with Crippen molar-refractivity contribution in [3.63, 3.8) is 0 Å². The largest absolute Gasteiger partial charge is 0.433 e. The molecule has 90 valence electrons. The number of halogens is 4. The van der Waals surface area contributed by atoms with Gasteiger partial charge >= 0.3 is 6.18 Å². The van der Waals surface area contributed by atoms with Crippen LogP contribution in [0, 0.1) is 0 Å². The molecular weight excluding hydrogens is 243 g/mol. The Kier molecular flexibility index (Phi) is 3.44. The molecule has 1 aliphatic carbocycles. The highest BCUT2D eigenvalue weighted by atomic mass is 35.5. The third-order valence-electron chi connectivity index (χ3n) is 2.66. The number of hydrogen-bond acceptors (Lipinski definition) is 3. The highest BCUT2D eigenvalue weighted by Gasteiger charge is 2.46. The van der Waals surface area contributed by atoms with Gasteiger partial charge in [0.2, 0.25) is 0 Å². The quantitative estimate of drug-likeness (QED) is 0.876. The summed E-state index contributed by atoms with van der Waals surface area (Å²) < 4.78 is 37.1. The van der Waals surface area contributed by atoms with Crippen LogP contribution >= 0.6 is 12.4 Å². The van der Waals surface area contributed by atoms with Crippen molar-refractivity contribution in [1.82, 2.24) is 9.97 Å². The van der Waals surface area contributed by atoms with Crippen LogP contribution in [-0.4, -0.2) is 16.5 Å². The van der Waals surface area contributed by atoms with E-state index in [2.05, 4.69) is 9.97 Å². The van der Waals surface area contributed by atoms with Crippen LogP contribution in [0.5, 0.6) is 0 Å². The molecule has 1 aromatic heterocycles. The fourth-order valence-electron chi connectivity index (χ4n) is 1.44. The molecule has 0 amide bonds. The third kappa shape index (κ3) is 2.27. The number of nitrogens with zero attached hydrogens (tertiary/aromatic N) is 2. The van der Waals surface area contributed by atoms with Gasteiger partial charge in [-0.05, 0) is 18.9 Å². The van der Waals surface area contributed by atoms with Crippen LogP contribution in [0.3, 0.4) is 0 Å². The van der Waals surface area contributed by atoms with Crippen LogP contribution in [0.2, 0.25) is 0 Å². The standard InChI is InChI=1S/C9H10F3N3.ClH/c10-9(11,12)6-1-4-14-7(15-6)8(5-13)2-3-8;/h1,4H,2-3,5,13H2;1H. The van der Waals surface area contributed by atoms with Gasteiger partial charge in [-0.2, -0.15) is 13.2 Å². The SMILES string of the molecule is Cl.NCC1(c2nccc(C(F)(F)F)n2)CC1. The van der Waals surface area contributed by atoms with Gasteiger partial charge in [0, 0.05) is 18.2 Å². The maximum Gasteiger partial charge on any atom is 0.433 e. The van der Waals surface area contributed by atoms with E-state index in [0.717, 1.165) is 25.1 Å². The molecule has 0 spiro atoms. The first-order valence-electron chi connectivity index (χ1n) is 4.59. The van der Waals surface area contributed by atoms with Crippen LogP contribution in [0.25, 0.3) is 0 Å². The van der Waals surface area contributed by atoms with Crippen molar-refractivity contribution >= 4 is 12.4 Å². The fraction of sp³-hybridized carbons (Fsp3) is 0.556. The van der Waals surface area contributed by atoms with Crippen LogP contribution < -0.4 is 5.73 Å². The summed E-state index contributed by atoms with van der Waals surface area (Å²) in [5, 5.41) is 0. The molecule has 0 bridgehead atoms. The fourth-order valence-corrected chi connectivity index (χ4v) is 1.44. The number of aromatic nitrogens is 2. The molecule has 0 unspecified atom stereocenters. The lowest BCUT2D eigenvalue weighted by Gasteiger charge is -2.12. The first-order chi connectivity index (χ1) is 6.98. The molecule has 16 heavy (non-hydrogen) atoms. The van der Waals surface area contributed by atoms with Gasteiger partial charge in [0.1, 0.15) is 11.5 Å². The van der Waals surface area contributed by atoms with Crippen molar-refractivity contribution in [2.75, 3.05) is 6.54 Å². The summed E-state index contributed by atoms with van der Waals surface area (Å²) in [6.45, 7) is 0.300. The zero-order valence-corrected chi connectivity index (χ0v) is 9.11. The Morgan fingerprint density at radius 1 is 1.38 bits per heavy atom. The maximum absolute atomic E-state index is 12.4. The van der Waals surface area contributed by atoms with Gasteiger partial charge in [-0.15, -0.1) is 12.4 Å². The lowest BCUT2D eigenvalue weighted by Crippen LogP contribution is -2.24. The molecule has 7 heteroatoms. The molecule has 0 aromatic carbocycles. The van der Waals surface area contributed by atoms with E-state index in [1.165, 1.54) is 0 Å². The minimum absolute atomic E-state index is 0. The second-order valence-electron chi connectivity index (χ2n) is 3.75. The van der Waals surface area contributed by atoms with Gasteiger partial charge in [-0.25, -0.2) is 9.97 Å². The Balaban J connectivity index is 0.00000128. The number of hydrogen-bond donors (Lipinski definition) is 1. The zero-order valence-electron chi connectivity index (χ0n) is 8.29. The van der Waals surface area contributed by atoms with Crippen molar-refractivity contribution in [2.45, 2.75) is 24.4 Å². The van der Waals surface area contributed by atoms with E-state index in [1.54, 1.807) is 0 Å². The molecule has 0 saturated heterocycles. The predicted octanol–water partition coefficient (Wildman–Crippen LogP) is 1.91. The first kappa shape index (κ1) is 13.2. The van der Waals surface area contributed by atoms with Crippen LogP contribution in [0.4, 0.5) is 13.2 Å². The molecule has 1 saturated carbocycles. The van der Waals surface area contributed by atoms with Gasteiger partial charge in [0.25, 0.3) is 0 Å². The Hall–Kier alpha value is -0.880. The Morgan fingerprint density at radius 3 is 2.44 bits per heavy atom. The minimum atomic E-state index is -4.41. The average molecular weight is 254 g/mol. The van der Waals surface area contributed by atoms with E-state index in [4.69, 9.17) is 5.73 Å². The topological polar surface area (TPSA) is 51.8 Å². The molecule has 0 aliphatic heterocycles. The second kappa shape index (κ2) is 4.18. The number of rotatable bonds is 2. The van der Waals surface area contributed by atoms with Gasteiger partial charge in [0.15, 0.2) is 0 Å². The highest BCUT2D eigenvalue weighted by Crippen LogP contribution is 2.45. The minimum Gasteiger partial charge on any atom is -0.329 e. The van der Waals surface area contributed by atoms with E-state index in [0.29, 0.717) is 6.54 Å². The molecule has 1 heterocycles. The number of nitrogens with two attached hydrogens (primary N) is 1. The zero-order chi connectivity index (χ0) is 11.1. The molecule has 1 fully saturated rings. The van der Waals surface area contributed by atoms with Gasteiger partial charge in [-0.3, -0.25) is 0 Å². The van der Waals surface area contributed by atoms with Gasteiger partial charge in [-0.1, -0.05) is 0 Å². The number of alkyl halides is 3. The molecule has 2 N–H and O–H groups in total. The van der Waals surface area contributed by atoms with Crippen LogP contribution in [0.15, 0.2) is 12.3 Å². The van der Waals surface area contributed by atoms with Gasteiger partial charge < -0.3 is 5.73 Å². The smallest absolute Gasteiger partial charge is 0.329 e. The summed E-state index contributed by atoms with van der Waals surface area (Å²) in [4.78, 5) is 7.40. The van der Waals surface area contributed by atoms with Crippen LogP contribution in [0.1, 0.15) is 24.4 Å². The van der Waals surface area contributed by atoms with Crippen molar-refractivity contribution < 1.29 is 13.2 Å². The monoisotopic (exact) mass is 253 g/mol. The normalized spacial score (nSPS) is 17.8. The van der Waals surface area contributed by atoms with Crippen molar-refractivity contribution in [1.29, 1.82) is 0 Å². The summed E-state index contributed by atoms with van der Waals surface area (Å²) in [5.41, 5.74) is 4.20. The summed E-state index contributed by atoms with van der Waals surface area (Å²) in [6.07, 6.45) is -1.74. The van der Waals surface area contributed by atoms with E-state index in [-0.39, 0.29) is 18.2 Å². The second-order valence-corrected chi connectivity index (χ2v) is 3.75. The highest BCUT2D eigenvalue weighted by molar-refractivity contribution is 5.85. The molecule has 2 rings (SSSR count). The Labute approximate surface area is 96.7 Å². The Bertz CT molecular complexity index is 377. The summed E-state index contributed by atoms with van der Waals surface area (Å²) in [5.74, 6) is 0.222. The lowest BCUT2D eigenvalue weighted by molar-refractivity contribution is -0.141. The first-order valence-corrected chi connectivity index (χ1v) is 4.59. The summed E-state index contributed by atoms with van der Waals surface area (Å²) >= 11 is 0. The van der Waals surface area contributed by atoms with Gasteiger partial charge in [0.05, 0.1) is 0 Å². The third-order valence-corrected chi connectivity index (χ3v) is 2.66. The summed E-state index contributed by atoms with van der Waals surface area (Å²) in [7, 11) is 0. The molecule has 1 aliphatic rings.